The van der Waals surface area contributed by atoms with Gasteiger partial charge in [0.2, 0.25) is 15.9 Å². The van der Waals surface area contributed by atoms with Crippen molar-refractivity contribution in [2.24, 2.45) is 0 Å². The lowest BCUT2D eigenvalue weighted by molar-refractivity contribution is -0.145. The third-order valence-electron chi connectivity index (χ3n) is 4.66. The van der Waals surface area contributed by atoms with Crippen LogP contribution in [-0.4, -0.2) is 40.0 Å². The van der Waals surface area contributed by atoms with E-state index in [1.165, 1.54) is 7.11 Å². The Labute approximate surface area is 161 Å². The van der Waals surface area contributed by atoms with Gasteiger partial charge in [-0.3, -0.25) is 4.79 Å². The fourth-order valence-corrected chi connectivity index (χ4v) is 4.45. The van der Waals surface area contributed by atoms with Crippen LogP contribution in [0.3, 0.4) is 0 Å². The van der Waals surface area contributed by atoms with E-state index in [0.717, 1.165) is 24.0 Å². The molecule has 0 radical (unpaired) electrons. The number of sulfonamides is 1. The van der Waals surface area contributed by atoms with Gasteiger partial charge in [-0.15, -0.1) is 0 Å². The highest BCUT2D eigenvalue weighted by Crippen LogP contribution is 2.25. The molecule has 0 aromatic heterocycles. The Hall–Kier alpha value is -1.93. The molecule has 152 valence electrons. The third kappa shape index (κ3) is 6.04. The maximum absolute atomic E-state index is 12.7. The van der Waals surface area contributed by atoms with E-state index in [1.807, 2.05) is 26.8 Å². The molecule has 1 rings (SSSR count). The second kappa shape index (κ2) is 9.85. The summed E-state index contributed by atoms with van der Waals surface area (Å²) in [4.78, 5) is 24.1. The van der Waals surface area contributed by atoms with Gasteiger partial charge in [0.1, 0.15) is 6.04 Å². The molecular weight excluding hydrogens is 368 g/mol. The summed E-state index contributed by atoms with van der Waals surface area (Å²) in [6.45, 7) is 8.71. The summed E-state index contributed by atoms with van der Waals surface area (Å²) in [5.41, 5.74) is 3.05. The molecular formula is C19H30N2O5S. The first-order valence-corrected chi connectivity index (χ1v) is 10.5. The Balaban J connectivity index is 2.90. The zero-order valence-electron chi connectivity index (χ0n) is 16.9. The average molecular weight is 399 g/mol. The van der Waals surface area contributed by atoms with Gasteiger partial charge >= 0.3 is 5.97 Å². The van der Waals surface area contributed by atoms with E-state index in [9.17, 15) is 18.0 Å². The highest BCUT2D eigenvalue weighted by atomic mass is 32.2. The molecule has 0 aliphatic heterocycles. The Morgan fingerprint density at radius 3 is 2.15 bits per heavy atom. The number of ether oxygens (including phenoxy) is 1. The number of carbonyl (C=O) groups is 2. The summed E-state index contributed by atoms with van der Waals surface area (Å²) in [5, 5.41) is 2.54. The minimum absolute atomic E-state index is 0.198. The molecule has 2 N–H and O–H groups in total. The average Bonchev–Trinajstić information content (AvgIpc) is 2.61. The highest BCUT2D eigenvalue weighted by molar-refractivity contribution is 7.89. The topological polar surface area (TPSA) is 102 Å². The molecule has 0 aliphatic rings. The van der Waals surface area contributed by atoms with Crippen LogP contribution in [-0.2, 0) is 24.3 Å². The van der Waals surface area contributed by atoms with E-state index in [0.29, 0.717) is 17.5 Å². The number of rotatable bonds is 9. The summed E-state index contributed by atoms with van der Waals surface area (Å²) in [6.07, 6.45) is 2.05. The molecule has 8 heteroatoms. The van der Waals surface area contributed by atoms with E-state index >= 15 is 0 Å². The molecule has 1 aromatic carbocycles. The predicted octanol–water partition coefficient (Wildman–Crippen LogP) is 2.05. The molecule has 0 heterocycles. The van der Waals surface area contributed by atoms with Crippen molar-refractivity contribution in [1.82, 2.24) is 10.0 Å². The molecule has 0 fully saturated rings. The lowest BCUT2D eigenvalue weighted by Gasteiger charge is -2.18. The number of unbranched alkanes of at least 4 members (excludes halogenated alkanes) is 1. The van der Waals surface area contributed by atoms with Crippen LogP contribution in [0.4, 0.5) is 0 Å². The lowest BCUT2D eigenvalue weighted by Crippen LogP contribution is -2.46. The quantitative estimate of drug-likeness (QED) is 0.620. The van der Waals surface area contributed by atoms with Gasteiger partial charge < -0.3 is 10.1 Å². The normalized spacial score (nSPS) is 12.5. The first-order chi connectivity index (χ1) is 12.5. The molecule has 27 heavy (non-hydrogen) atoms. The number of esters is 1. The number of methoxy groups -OCH3 is 1. The molecule has 0 saturated carbocycles. The van der Waals surface area contributed by atoms with Gasteiger partial charge in [0.05, 0.1) is 18.6 Å². The Kier molecular flexibility index (Phi) is 8.43. The van der Waals surface area contributed by atoms with E-state index < -0.39 is 34.5 Å². The first kappa shape index (κ1) is 23.1. The van der Waals surface area contributed by atoms with Crippen LogP contribution >= 0.6 is 0 Å². The number of benzene rings is 1. The van der Waals surface area contributed by atoms with Crippen LogP contribution in [0.25, 0.3) is 0 Å². The Morgan fingerprint density at radius 2 is 1.67 bits per heavy atom. The van der Waals surface area contributed by atoms with Crippen molar-refractivity contribution in [3.63, 3.8) is 0 Å². The van der Waals surface area contributed by atoms with Crippen molar-refractivity contribution >= 4 is 21.9 Å². The summed E-state index contributed by atoms with van der Waals surface area (Å²) in [5.74, 6) is -1.12. The smallest absolute Gasteiger partial charge is 0.328 e. The van der Waals surface area contributed by atoms with Crippen LogP contribution in [0.5, 0.6) is 0 Å². The van der Waals surface area contributed by atoms with Crippen molar-refractivity contribution in [1.29, 1.82) is 0 Å². The van der Waals surface area contributed by atoms with Crippen molar-refractivity contribution in [3.8, 4) is 0 Å². The molecule has 7 nitrogen and oxygen atoms in total. The fraction of sp³-hybridized carbons (Fsp3) is 0.579. The maximum Gasteiger partial charge on any atom is 0.328 e. The summed E-state index contributed by atoms with van der Waals surface area (Å²) in [6, 6.07) is 1.15. The van der Waals surface area contributed by atoms with Gasteiger partial charge in [0.25, 0.3) is 0 Å². The van der Waals surface area contributed by atoms with Crippen molar-refractivity contribution < 1.29 is 22.7 Å². The summed E-state index contributed by atoms with van der Waals surface area (Å²) in [7, 11) is -2.62. The van der Waals surface area contributed by atoms with Gasteiger partial charge in [-0.1, -0.05) is 25.8 Å². The standard InChI is InChI=1S/C19H30N2O5S/c1-7-8-9-16(19(23)26-6)21-17(22)11-20-27(24,25)18-14(4)12(2)10-13(3)15(18)5/h10,16,20H,7-9,11H2,1-6H3,(H,21,22). The number of nitrogens with one attached hydrogen (secondary N) is 2. The van der Waals surface area contributed by atoms with Gasteiger partial charge in [-0.25, -0.2) is 17.9 Å². The van der Waals surface area contributed by atoms with Crippen LogP contribution < -0.4 is 10.0 Å². The minimum Gasteiger partial charge on any atom is -0.467 e. The molecule has 1 unspecified atom stereocenters. The number of hydrogen-bond donors (Lipinski definition) is 2. The zero-order chi connectivity index (χ0) is 20.8. The molecule has 0 aliphatic carbocycles. The van der Waals surface area contributed by atoms with Crippen molar-refractivity contribution in [3.05, 3.63) is 28.3 Å². The van der Waals surface area contributed by atoms with E-state index in [2.05, 4.69) is 10.0 Å². The largest absolute Gasteiger partial charge is 0.467 e. The SMILES string of the molecule is CCCCC(NC(=O)CNS(=O)(=O)c1c(C)c(C)cc(C)c1C)C(=O)OC. The molecule has 1 aromatic rings. The predicted molar refractivity (Wildman–Crippen MR) is 104 cm³/mol. The minimum atomic E-state index is -3.87. The first-order valence-electron chi connectivity index (χ1n) is 8.99. The Morgan fingerprint density at radius 1 is 1.11 bits per heavy atom. The van der Waals surface area contributed by atoms with Gasteiger partial charge in [0.15, 0.2) is 0 Å². The van der Waals surface area contributed by atoms with Crippen LogP contribution in [0.15, 0.2) is 11.0 Å². The van der Waals surface area contributed by atoms with Gasteiger partial charge in [0, 0.05) is 0 Å². The molecule has 1 amide bonds. The van der Waals surface area contributed by atoms with E-state index in [-0.39, 0.29) is 4.90 Å². The van der Waals surface area contributed by atoms with Gasteiger partial charge in [-0.2, -0.15) is 0 Å². The van der Waals surface area contributed by atoms with Crippen molar-refractivity contribution in [2.45, 2.75) is 64.8 Å². The second-order valence-electron chi connectivity index (χ2n) is 6.70. The maximum atomic E-state index is 12.7. The fourth-order valence-electron chi connectivity index (χ4n) is 2.86. The number of aryl methyl sites for hydroxylation is 2. The number of amides is 1. The lowest BCUT2D eigenvalue weighted by atomic mass is 10.0. The second-order valence-corrected chi connectivity index (χ2v) is 8.40. The molecule has 0 saturated heterocycles. The summed E-state index contributed by atoms with van der Waals surface area (Å²) >= 11 is 0. The monoisotopic (exact) mass is 398 g/mol. The van der Waals surface area contributed by atoms with E-state index in [1.54, 1.807) is 13.8 Å². The Bertz CT molecular complexity index is 777. The summed E-state index contributed by atoms with van der Waals surface area (Å²) < 4.78 is 32.5. The van der Waals surface area contributed by atoms with E-state index in [4.69, 9.17) is 4.74 Å². The highest BCUT2D eigenvalue weighted by Gasteiger charge is 2.25. The number of carbonyl (C=O) groups excluding carboxylic acids is 2. The van der Waals surface area contributed by atoms with Crippen LogP contribution in [0.2, 0.25) is 0 Å². The van der Waals surface area contributed by atoms with Gasteiger partial charge in [-0.05, 0) is 56.4 Å². The van der Waals surface area contributed by atoms with Crippen LogP contribution in [0.1, 0.15) is 48.4 Å². The molecule has 0 bridgehead atoms. The van der Waals surface area contributed by atoms with Crippen LogP contribution in [0, 0.1) is 27.7 Å². The third-order valence-corrected chi connectivity index (χ3v) is 6.33. The van der Waals surface area contributed by atoms with Crippen molar-refractivity contribution in [2.75, 3.05) is 13.7 Å². The molecule has 1 atom stereocenters. The number of hydrogen-bond acceptors (Lipinski definition) is 5. The molecule has 0 spiro atoms. The zero-order valence-corrected chi connectivity index (χ0v) is 17.7.